The summed E-state index contributed by atoms with van der Waals surface area (Å²) in [6.07, 6.45) is 0.683. The van der Waals surface area contributed by atoms with Crippen molar-refractivity contribution in [2.45, 2.75) is 42.2 Å². The fourth-order valence-electron chi connectivity index (χ4n) is 5.70. The van der Waals surface area contributed by atoms with Crippen LogP contribution < -0.4 is 14.4 Å². The number of ketones is 1. The van der Waals surface area contributed by atoms with Crippen LogP contribution in [0, 0.1) is 0 Å². The number of thioether (sulfide) groups is 1. The second-order valence-electron chi connectivity index (χ2n) is 11.2. The van der Waals surface area contributed by atoms with Gasteiger partial charge in [0.25, 0.3) is 5.78 Å². The van der Waals surface area contributed by atoms with Crippen LogP contribution in [0.15, 0.2) is 107 Å². The van der Waals surface area contributed by atoms with Gasteiger partial charge in [-0.3, -0.25) is 14.5 Å². The Hall–Kier alpha value is -4.64. The third kappa shape index (κ3) is 6.36. The molecule has 236 valence electrons. The van der Waals surface area contributed by atoms with Gasteiger partial charge in [-0.25, -0.2) is 0 Å². The quantitative estimate of drug-likeness (QED) is 0.0549. The Balaban J connectivity index is 1.26. The number of aliphatic hydroxyl groups excluding tert-OH is 1. The second kappa shape index (κ2) is 13.2. The first-order valence-corrected chi connectivity index (χ1v) is 17.1. The smallest absolute Gasteiger partial charge is 0.301 e. The molecule has 0 saturated carbocycles. The first-order chi connectivity index (χ1) is 22.9. The van der Waals surface area contributed by atoms with Crippen LogP contribution in [-0.2, 0) is 28.4 Å². The van der Waals surface area contributed by atoms with Crippen molar-refractivity contribution in [3.05, 3.63) is 135 Å². The molecule has 1 amide bonds. The maximum atomic E-state index is 13.8. The lowest BCUT2D eigenvalue weighted by Crippen LogP contribution is -2.29. The highest BCUT2D eigenvalue weighted by Crippen LogP contribution is 2.45. The maximum Gasteiger partial charge on any atom is 0.301 e. The van der Waals surface area contributed by atoms with E-state index in [1.807, 2.05) is 73.7 Å². The Labute approximate surface area is 284 Å². The van der Waals surface area contributed by atoms with Crippen molar-refractivity contribution in [1.82, 2.24) is 10.2 Å². The number of anilines is 1. The molecule has 0 aliphatic carbocycles. The van der Waals surface area contributed by atoms with E-state index in [4.69, 9.17) is 21.1 Å². The Kier molecular flexibility index (Phi) is 8.72. The molecule has 0 bridgehead atoms. The van der Waals surface area contributed by atoms with E-state index in [0.717, 1.165) is 22.4 Å². The molecule has 1 fully saturated rings. The minimum atomic E-state index is -0.979. The standard InChI is InChI=1S/C36H28ClN3O5S2/c1-21-16-26-17-24(14-15-29(26)45-21)32(41)30-31(23-11-7-12-27(18-23)44-19-22-8-3-2-4-9-22)40(34(43)33(30)42)35-38-39-36(47-35)46-20-25-10-5-6-13-28(25)37/h2-15,17-18,21,31,41H,16,19-20H2,1H3/t21-,31-/m1/s1. The molecule has 4 aromatic carbocycles. The summed E-state index contributed by atoms with van der Waals surface area (Å²) in [5, 5.41) is 21.3. The van der Waals surface area contributed by atoms with Gasteiger partial charge in [0, 0.05) is 22.8 Å². The molecular weight excluding hydrogens is 654 g/mol. The number of hydrogen-bond donors (Lipinski definition) is 1. The highest BCUT2D eigenvalue weighted by Gasteiger charge is 2.48. The van der Waals surface area contributed by atoms with Gasteiger partial charge in [0.05, 0.1) is 11.6 Å². The summed E-state index contributed by atoms with van der Waals surface area (Å²) in [6.45, 7) is 2.31. The van der Waals surface area contributed by atoms with Gasteiger partial charge in [-0.15, -0.1) is 10.2 Å². The number of halogens is 1. The third-order valence-electron chi connectivity index (χ3n) is 7.95. The van der Waals surface area contributed by atoms with Gasteiger partial charge in [-0.1, -0.05) is 95.4 Å². The molecule has 1 saturated heterocycles. The van der Waals surface area contributed by atoms with Gasteiger partial charge in [0.1, 0.15) is 30.0 Å². The molecule has 1 aromatic heterocycles. The minimum absolute atomic E-state index is 0.00832. The summed E-state index contributed by atoms with van der Waals surface area (Å²) < 4.78 is 12.5. The van der Waals surface area contributed by atoms with Crippen molar-refractivity contribution in [2.75, 3.05) is 4.90 Å². The third-order valence-corrected chi connectivity index (χ3v) is 10.4. The number of aliphatic hydroxyl groups is 1. The Morgan fingerprint density at radius 3 is 2.66 bits per heavy atom. The van der Waals surface area contributed by atoms with Crippen LogP contribution >= 0.6 is 34.7 Å². The highest BCUT2D eigenvalue weighted by molar-refractivity contribution is 8.00. The van der Waals surface area contributed by atoms with Crippen LogP contribution in [0.1, 0.15) is 40.8 Å². The van der Waals surface area contributed by atoms with Crippen LogP contribution in [0.25, 0.3) is 5.76 Å². The van der Waals surface area contributed by atoms with Gasteiger partial charge in [-0.2, -0.15) is 0 Å². The normalized spacial score (nSPS) is 18.3. The van der Waals surface area contributed by atoms with Crippen LogP contribution in [0.5, 0.6) is 11.5 Å². The molecule has 11 heteroatoms. The number of ether oxygens (including phenoxy) is 2. The van der Waals surface area contributed by atoms with E-state index >= 15 is 0 Å². The summed E-state index contributed by atoms with van der Waals surface area (Å²) in [5.74, 6) is -0.0406. The molecule has 0 spiro atoms. The predicted octanol–water partition coefficient (Wildman–Crippen LogP) is 8.01. The number of Topliss-reactive ketones (excluding diaryl/α,β-unsaturated/α-hetero) is 1. The number of carbonyl (C=O) groups is 2. The van der Waals surface area contributed by atoms with Gasteiger partial charge in [0.15, 0.2) is 4.34 Å². The average Bonchev–Trinajstić information content (AvgIpc) is 3.78. The van der Waals surface area contributed by atoms with E-state index in [1.165, 1.54) is 28.0 Å². The highest BCUT2D eigenvalue weighted by atomic mass is 35.5. The van der Waals surface area contributed by atoms with E-state index in [2.05, 4.69) is 10.2 Å². The second-order valence-corrected chi connectivity index (χ2v) is 13.8. The van der Waals surface area contributed by atoms with E-state index in [9.17, 15) is 14.7 Å². The molecule has 7 rings (SSSR count). The zero-order chi connectivity index (χ0) is 32.5. The number of amides is 1. The zero-order valence-corrected chi connectivity index (χ0v) is 27.5. The fraction of sp³-hybridized carbons (Fsp3) is 0.167. The van der Waals surface area contributed by atoms with Gasteiger partial charge < -0.3 is 14.6 Å². The number of aromatic nitrogens is 2. The monoisotopic (exact) mass is 681 g/mol. The average molecular weight is 682 g/mol. The molecular formula is C36H28ClN3O5S2. The van der Waals surface area contributed by atoms with Gasteiger partial charge in [-0.05, 0) is 65.6 Å². The van der Waals surface area contributed by atoms with Gasteiger partial charge in [0.2, 0.25) is 5.13 Å². The number of rotatable bonds is 9. The molecule has 5 aromatic rings. The summed E-state index contributed by atoms with van der Waals surface area (Å²) in [7, 11) is 0. The summed E-state index contributed by atoms with van der Waals surface area (Å²) in [4.78, 5) is 28.9. The molecule has 3 heterocycles. The molecule has 2 atom stereocenters. The molecule has 0 radical (unpaired) electrons. The van der Waals surface area contributed by atoms with Crippen LogP contribution in [0.3, 0.4) is 0 Å². The predicted molar refractivity (Wildman–Crippen MR) is 183 cm³/mol. The zero-order valence-electron chi connectivity index (χ0n) is 25.1. The van der Waals surface area contributed by atoms with E-state index in [1.54, 1.807) is 30.3 Å². The molecule has 2 aliphatic heterocycles. The number of carbonyl (C=O) groups excluding carboxylic acids is 2. The van der Waals surface area contributed by atoms with Crippen molar-refractivity contribution in [3.8, 4) is 11.5 Å². The molecule has 0 unspecified atom stereocenters. The fourth-order valence-corrected chi connectivity index (χ4v) is 7.85. The first kappa shape index (κ1) is 31.0. The van der Waals surface area contributed by atoms with Crippen LogP contribution in [-0.4, -0.2) is 33.1 Å². The lowest BCUT2D eigenvalue weighted by Gasteiger charge is -2.23. The largest absolute Gasteiger partial charge is 0.507 e. The van der Waals surface area contributed by atoms with Crippen LogP contribution in [0.4, 0.5) is 5.13 Å². The SMILES string of the molecule is C[C@@H]1Cc2cc(C(O)=C3C(=O)C(=O)N(c4nnc(SCc5ccccc5Cl)s4)[C@@H]3c3cccc(OCc4ccccc4)c3)ccc2O1. The molecule has 2 aliphatic rings. The number of benzene rings is 4. The number of nitrogens with zero attached hydrogens (tertiary/aromatic N) is 3. The molecule has 1 N–H and O–H groups in total. The van der Waals surface area contributed by atoms with Crippen molar-refractivity contribution in [3.63, 3.8) is 0 Å². The number of fused-ring (bicyclic) bond motifs is 1. The van der Waals surface area contributed by atoms with Crippen LogP contribution in [0.2, 0.25) is 5.02 Å². The molecule has 8 nitrogen and oxygen atoms in total. The van der Waals surface area contributed by atoms with Crippen molar-refractivity contribution in [1.29, 1.82) is 0 Å². The Bertz CT molecular complexity index is 2010. The van der Waals surface area contributed by atoms with E-state index in [-0.39, 0.29) is 22.6 Å². The number of hydrogen-bond acceptors (Lipinski definition) is 9. The summed E-state index contributed by atoms with van der Waals surface area (Å²) in [6, 6.07) is 28.8. The van der Waals surface area contributed by atoms with E-state index in [0.29, 0.717) is 45.0 Å². The summed E-state index contributed by atoms with van der Waals surface area (Å²) in [5.41, 5.74) is 3.83. The lowest BCUT2D eigenvalue weighted by molar-refractivity contribution is -0.132. The minimum Gasteiger partial charge on any atom is -0.507 e. The lowest BCUT2D eigenvalue weighted by atomic mass is 9.94. The molecule has 47 heavy (non-hydrogen) atoms. The van der Waals surface area contributed by atoms with Crippen molar-refractivity contribution < 1.29 is 24.2 Å². The van der Waals surface area contributed by atoms with Gasteiger partial charge >= 0.3 is 5.91 Å². The van der Waals surface area contributed by atoms with Crippen molar-refractivity contribution in [2.24, 2.45) is 0 Å². The van der Waals surface area contributed by atoms with Crippen molar-refractivity contribution >= 4 is 57.3 Å². The topological polar surface area (TPSA) is 102 Å². The first-order valence-electron chi connectivity index (χ1n) is 14.9. The van der Waals surface area contributed by atoms with E-state index < -0.39 is 17.7 Å². The Morgan fingerprint density at radius 1 is 1.02 bits per heavy atom. The maximum absolute atomic E-state index is 13.8. The summed E-state index contributed by atoms with van der Waals surface area (Å²) >= 11 is 8.97. The Morgan fingerprint density at radius 2 is 1.83 bits per heavy atom.